The molecule has 0 saturated heterocycles. The number of hydrogen-bond acceptors (Lipinski definition) is 3. The van der Waals surface area contributed by atoms with Crippen LogP contribution in [0.1, 0.15) is 19.4 Å². The molecular weight excluding hydrogens is 268 g/mol. The molecule has 0 radical (unpaired) electrons. The van der Waals surface area contributed by atoms with Crippen LogP contribution >= 0.6 is 0 Å². The lowest BCUT2D eigenvalue weighted by molar-refractivity contribution is -0.146. The van der Waals surface area contributed by atoms with Crippen molar-refractivity contribution in [2.45, 2.75) is 26.3 Å². The monoisotopic (exact) mass is 285 g/mol. The molecule has 1 aromatic carbocycles. The molecule has 0 aromatic heterocycles. The lowest BCUT2D eigenvalue weighted by atomic mass is 10.0. The summed E-state index contributed by atoms with van der Waals surface area (Å²) in [6.07, 6.45) is -0.473. The van der Waals surface area contributed by atoms with Gasteiger partial charge in [-0.15, -0.1) is 0 Å². The molecule has 1 rings (SSSR count). The number of carbonyl (C=O) groups excluding carboxylic acids is 2. The van der Waals surface area contributed by atoms with Gasteiger partial charge in [-0.2, -0.15) is 0 Å². The van der Waals surface area contributed by atoms with E-state index in [4.69, 9.17) is 0 Å². The average molecular weight is 285 g/mol. The Morgan fingerprint density at radius 3 is 2.25 bits per heavy atom. The van der Waals surface area contributed by atoms with Gasteiger partial charge in [-0.25, -0.2) is 13.6 Å². The summed E-state index contributed by atoms with van der Waals surface area (Å²) in [4.78, 5) is 23.3. The summed E-state index contributed by atoms with van der Waals surface area (Å²) in [5, 5.41) is 2.42. The summed E-state index contributed by atoms with van der Waals surface area (Å²) in [5.74, 6) is -3.02. The molecule has 0 aliphatic heterocycles. The molecule has 20 heavy (non-hydrogen) atoms. The molecule has 0 bridgehead atoms. The number of ether oxygens (including phenoxy) is 1. The summed E-state index contributed by atoms with van der Waals surface area (Å²) in [6.45, 7) is 3.46. The highest BCUT2D eigenvalue weighted by molar-refractivity contribution is 5.85. The number of carbonyl (C=O) groups is 2. The molecule has 0 heterocycles. The Balaban J connectivity index is 2.79. The third-order valence-electron chi connectivity index (χ3n) is 2.84. The fraction of sp³-hybridized carbons (Fsp3) is 0.429. The van der Waals surface area contributed by atoms with Gasteiger partial charge in [-0.3, -0.25) is 4.79 Å². The van der Waals surface area contributed by atoms with Crippen LogP contribution in [-0.2, 0) is 20.7 Å². The van der Waals surface area contributed by atoms with Crippen LogP contribution in [0.4, 0.5) is 8.78 Å². The van der Waals surface area contributed by atoms with Gasteiger partial charge in [-0.05, 0) is 18.1 Å². The number of benzene rings is 1. The SMILES string of the molecule is COC(=O)C(NC(=O)Cc1c(F)cccc1F)C(C)C. The molecule has 1 unspecified atom stereocenters. The van der Waals surface area contributed by atoms with Crippen molar-refractivity contribution in [2.75, 3.05) is 7.11 Å². The van der Waals surface area contributed by atoms with Gasteiger partial charge >= 0.3 is 5.97 Å². The largest absolute Gasteiger partial charge is 0.467 e. The summed E-state index contributed by atoms with van der Waals surface area (Å²) < 4.78 is 31.4. The van der Waals surface area contributed by atoms with Gasteiger partial charge < -0.3 is 10.1 Å². The van der Waals surface area contributed by atoms with E-state index in [9.17, 15) is 18.4 Å². The van der Waals surface area contributed by atoms with Gasteiger partial charge in [0.2, 0.25) is 5.91 Å². The van der Waals surface area contributed by atoms with Crippen LogP contribution in [0.25, 0.3) is 0 Å². The van der Waals surface area contributed by atoms with E-state index in [0.717, 1.165) is 12.1 Å². The first-order valence-electron chi connectivity index (χ1n) is 6.17. The number of esters is 1. The zero-order valence-electron chi connectivity index (χ0n) is 11.6. The number of halogens is 2. The first-order valence-corrected chi connectivity index (χ1v) is 6.17. The Kier molecular flexibility index (Phi) is 5.61. The molecule has 1 atom stereocenters. The molecule has 1 amide bonds. The van der Waals surface area contributed by atoms with E-state index in [-0.39, 0.29) is 11.5 Å². The fourth-order valence-corrected chi connectivity index (χ4v) is 1.71. The van der Waals surface area contributed by atoms with E-state index in [1.165, 1.54) is 13.2 Å². The van der Waals surface area contributed by atoms with Crippen LogP contribution in [0.2, 0.25) is 0 Å². The Hall–Kier alpha value is -1.98. The van der Waals surface area contributed by atoms with Gasteiger partial charge in [0.15, 0.2) is 0 Å². The van der Waals surface area contributed by atoms with E-state index in [0.29, 0.717) is 0 Å². The minimum atomic E-state index is -0.845. The smallest absolute Gasteiger partial charge is 0.328 e. The summed E-state index contributed by atoms with van der Waals surface area (Å²) in [7, 11) is 1.21. The predicted octanol–water partition coefficient (Wildman–Crippen LogP) is 1.82. The summed E-state index contributed by atoms with van der Waals surface area (Å²) >= 11 is 0. The molecule has 0 aliphatic rings. The molecule has 1 aromatic rings. The number of nitrogens with one attached hydrogen (secondary N) is 1. The van der Waals surface area contributed by atoms with Crippen LogP contribution in [-0.4, -0.2) is 25.0 Å². The third-order valence-corrected chi connectivity index (χ3v) is 2.84. The number of methoxy groups -OCH3 is 1. The van der Waals surface area contributed by atoms with E-state index in [1.807, 2.05) is 0 Å². The van der Waals surface area contributed by atoms with E-state index < -0.39 is 36.0 Å². The Morgan fingerprint density at radius 1 is 1.25 bits per heavy atom. The fourth-order valence-electron chi connectivity index (χ4n) is 1.71. The minimum Gasteiger partial charge on any atom is -0.467 e. The molecule has 0 aliphatic carbocycles. The quantitative estimate of drug-likeness (QED) is 0.840. The minimum absolute atomic E-state index is 0.197. The summed E-state index contributed by atoms with van der Waals surface area (Å²) in [6, 6.07) is 2.53. The Labute approximate surface area is 116 Å². The van der Waals surface area contributed by atoms with Crippen molar-refractivity contribution in [2.24, 2.45) is 5.92 Å². The maximum absolute atomic E-state index is 13.4. The van der Waals surface area contributed by atoms with Crippen LogP contribution in [0.3, 0.4) is 0 Å². The highest BCUT2D eigenvalue weighted by Gasteiger charge is 2.25. The third kappa shape index (κ3) is 4.01. The number of hydrogen-bond donors (Lipinski definition) is 1. The van der Waals surface area contributed by atoms with E-state index >= 15 is 0 Å². The zero-order chi connectivity index (χ0) is 15.3. The molecular formula is C14H17F2NO3. The van der Waals surface area contributed by atoms with Crippen LogP contribution < -0.4 is 5.32 Å². The molecule has 6 heteroatoms. The Morgan fingerprint density at radius 2 is 1.80 bits per heavy atom. The van der Waals surface area contributed by atoms with Crippen LogP contribution in [0, 0.1) is 17.6 Å². The topological polar surface area (TPSA) is 55.4 Å². The second kappa shape index (κ2) is 6.98. The molecule has 0 fully saturated rings. The Bertz CT molecular complexity index is 483. The molecule has 110 valence electrons. The second-order valence-electron chi connectivity index (χ2n) is 4.69. The molecule has 4 nitrogen and oxygen atoms in total. The van der Waals surface area contributed by atoms with Crippen LogP contribution in [0.15, 0.2) is 18.2 Å². The van der Waals surface area contributed by atoms with E-state index in [2.05, 4.69) is 10.1 Å². The van der Waals surface area contributed by atoms with Crippen molar-refractivity contribution >= 4 is 11.9 Å². The second-order valence-corrected chi connectivity index (χ2v) is 4.69. The van der Waals surface area contributed by atoms with Gasteiger partial charge in [0, 0.05) is 5.56 Å². The molecule has 0 saturated carbocycles. The van der Waals surface area contributed by atoms with Gasteiger partial charge in [0.25, 0.3) is 0 Å². The van der Waals surface area contributed by atoms with Crippen molar-refractivity contribution in [1.29, 1.82) is 0 Å². The first kappa shape index (κ1) is 16.1. The van der Waals surface area contributed by atoms with Crippen molar-refractivity contribution < 1.29 is 23.1 Å². The van der Waals surface area contributed by atoms with Crippen molar-refractivity contribution in [1.82, 2.24) is 5.32 Å². The molecule has 0 spiro atoms. The van der Waals surface area contributed by atoms with Gasteiger partial charge in [-0.1, -0.05) is 19.9 Å². The maximum atomic E-state index is 13.4. The van der Waals surface area contributed by atoms with Crippen molar-refractivity contribution in [3.63, 3.8) is 0 Å². The van der Waals surface area contributed by atoms with E-state index in [1.54, 1.807) is 13.8 Å². The first-order chi connectivity index (χ1) is 9.36. The normalized spacial score (nSPS) is 12.1. The lowest BCUT2D eigenvalue weighted by Crippen LogP contribution is -2.45. The molecule has 1 N–H and O–H groups in total. The number of rotatable bonds is 5. The highest BCUT2D eigenvalue weighted by Crippen LogP contribution is 2.13. The lowest BCUT2D eigenvalue weighted by Gasteiger charge is -2.19. The van der Waals surface area contributed by atoms with Crippen molar-refractivity contribution in [3.8, 4) is 0 Å². The van der Waals surface area contributed by atoms with Gasteiger partial charge in [0.05, 0.1) is 13.5 Å². The predicted molar refractivity (Wildman–Crippen MR) is 68.8 cm³/mol. The summed E-state index contributed by atoms with van der Waals surface area (Å²) in [5.41, 5.74) is -0.322. The highest BCUT2D eigenvalue weighted by atomic mass is 19.1. The standard InChI is InChI=1S/C14H17F2NO3/c1-8(2)13(14(19)20-3)17-12(18)7-9-10(15)5-4-6-11(9)16/h4-6,8,13H,7H2,1-3H3,(H,17,18). The average Bonchev–Trinajstić information content (AvgIpc) is 2.39. The van der Waals surface area contributed by atoms with Crippen LogP contribution in [0.5, 0.6) is 0 Å². The maximum Gasteiger partial charge on any atom is 0.328 e. The van der Waals surface area contributed by atoms with Crippen molar-refractivity contribution in [3.05, 3.63) is 35.4 Å². The number of amides is 1. The van der Waals surface area contributed by atoms with Gasteiger partial charge in [0.1, 0.15) is 17.7 Å². The zero-order valence-corrected chi connectivity index (χ0v) is 11.6.